The van der Waals surface area contributed by atoms with Gasteiger partial charge in [-0.25, -0.2) is 0 Å². The van der Waals surface area contributed by atoms with Gasteiger partial charge in [0.2, 0.25) is 0 Å². The summed E-state index contributed by atoms with van der Waals surface area (Å²) in [6, 6.07) is 9.99. The molecule has 0 radical (unpaired) electrons. The molecule has 1 atom stereocenters. The summed E-state index contributed by atoms with van der Waals surface area (Å²) in [6.07, 6.45) is 5.01. The van der Waals surface area contributed by atoms with Crippen LogP contribution in [0.25, 0.3) is 0 Å². The van der Waals surface area contributed by atoms with Crippen LogP contribution in [0.3, 0.4) is 0 Å². The molecule has 0 saturated heterocycles. The number of aromatic nitrogens is 1. The molecule has 0 aliphatic carbocycles. The second kappa shape index (κ2) is 9.34. The van der Waals surface area contributed by atoms with Gasteiger partial charge in [0.25, 0.3) is 16.8 Å². The summed E-state index contributed by atoms with van der Waals surface area (Å²) in [5, 5.41) is 9.35. The molecule has 3 N–H and O–H groups in total. The fourth-order valence-corrected chi connectivity index (χ4v) is 2.96. The maximum atomic E-state index is 12.5. The van der Waals surface area contributed by atoms with Crippen molar-refractivity contribution in [1.29, 1.82) is 0 Å². The average Bonchev–Trinajstić information content (AvgIpc) is 2.75. The Morgan fingerprint density at radius 2 is 1.83 bits per heavy atom. The summed E-state index contributed by atoms with van der Waals surface area (Å²) >= 11 is 5.87. The number of unbranched alkanes of at least 4 members (excludes halogenated alkanes) is 1. The molecule has 1 aromatic heterocycles. The van der Waals surface area contributed by atoms with Crippen LogP contribution in [0.4, 0.5) is 17.1 Å². The first-order valence-electron chi connectivity index (χ1n) is 9.33. The van der Waals surface area contributed by atoms with E-state index in [1.54, 1.807) is 48.8 Å². The van der Waals surface area contributed by atoms with Crippen molar-refractivity contribution in [3.8, 4) is 0 Å². The van der Waals surface area contributed by atoms with Crippen molar-refractivity contribution >= 4 is 34.6 Å². The SMILES string of the molecule is CCCCC(NC(=O)c1ccc(Cl)cc1)Nc1c(Nc2cccnc2)c(=O)c1=O. The summed E-state index contributed by atoms with van der Waals surface area (Å²) in [6.45, 7) is 2.03. The van der Waals surface area contributed by atoms with Gasteiger partial charge in [0.05, 0.1) is 18.1 Å². The number of pyridine rings is 1. The van der Waals surface area contributed by atoms with Crippen LogP contribution in [-0.2, 0) is 0 Å². The number of anilines is 3. The lowest BCUT2D eigenvalue weighted by Crippen LogP contribution is -2.45. The molecule has 0 aliphatic heterocycles. The molecular weight excluding hydrogens is 392 g/mol. The number of hydrogen-bond donors (Lipinski definition) is 3. The van der Waals surface area contributed by atoms with Gasteiger partial charge in [0, 0.05) is 16.8 Å². The summed E-state index contributed by atoms with van der Waals surface area (Å²) < 4.78 is 0. The molecule has 1 heterocycles. The monoisotopic (exact) mass is 412 g/mol. The molecule has 29 heavy (non-hydrogen) atoms. The van der Waals surface area contributed by atoms with Crippen LogP contribution in [-0.4, -0.2) is 17.1 Å². The molecule has 150 valence electrons. The Kier molecular flexibility index (Phi) is 6.61. The van der Waals surface area contributed by atoms with Gasteiger partial charge in [-0.1, -0.05) is 24.9 Å². The van der Waals surface area contributed by atoms with Crippen LogP contribution in [0.5, 0.6) is 0 Å². The number of hydrogen-bond acceptors (Lipinski definition) is 6. The van der Waals surface area contributed by atoms with Gasteiger partial charge in [-0.15, -0.1) is 0 Å². The van der Waals surface area contributed by atoms with E-state index in [0.29, 0.717) is 22.7 Å². The number of benzene rings is 1. The minimum absolute atomic E-state index is 0.163. The highest BCUT2D eigenvalue weighted by atomic mass is 35.5. The standard InChI is InChI=1S/C21H21ClN4O3/c1-2-3-6-16(26-21(29)13-7-9-14(22)10-8-13)25-18-17(19(27)20(18)28)24-15-5-4-11-23-12-15/h4-5,7-12,16,24-25H,2-3,6H2,1H3,(H,26,29). The molecule has 0 aliphatic rings. The number of carbonyl (C=O) groups excluding carboxylic acids is 1. The third-order valence-electron chi connectivity index (χ3n) is 4.42. The molecular formula is C21H21ClN4O3. The minimum Gasteiger partial charge on any atom is -0.360 e. The molecule has 0 bridgehead atoms. The predicted octanol–water partition coefficient (Wildman–Crippen LogP) is 3.43. The molecule has 1 unspecified atom stereocenters. The van der Waals surface area contributed by atoms with E-state index in [1.165, 1.54) is 0 Å². The molecule has 0 spiro atoms. The molecule has 7 nitrogen and oxygen atoms in total. The van der Waals surface area contributed by atoms with E-state index in [4.69, 9.17) is 11.6 Å². The number of rotatable bonds is 9. The molecule has 0 saturated carbocycles. The van der Waals surface area contributed by atoms with Crippen molar-refractivity contribution in [3.05, 3.63) is 79.8 Å². The van der Waals surface area contributed by atoms with Crippen LogP contribution in [0.1, 0.15) is 36.5 Å². The van der Waals surface area contributed by atoms with E-state index in [2.05, 4.69) is 20.9 Å². The van der Waals surface area contributed by atoms with Crippen molar-refractivity contribution in [3.63, 3.8) is 0 Å². The zero-order chi connectivity index (χ0) is 20.8. The molecule has 1 amide bonds. The van der Waals surface area contributed by atoms with Crippen molar-refractivity contribution < 1.29 is 4.79 Å². The third-order valence-corrected chi connectivity index (χ3v) is 4.67. The molecule has 8 heteroatoms. The first-order chi connectivity index (χ1) is 14.0. The fourth-order valence-electron chi connectivity index (χ4n) is 2.84. The second-order valence-corrected chi connectivity index (χ2v) is 7.03. The largest absolute Gasteiger partial charge is 0.360 e. The maximum absolute atomic E-state index is 12.5. The highest BCUT2D eigenvalue weighted by Crippen LogP contribution is 2.21. The average molecular weight is 413 g/mol. The summed E-state index contributed by atoms with van der Waals surface area (Å²) in [5.41, 5.74) is 0.171. The Labute approximate surface area is 172 Å². The van der Waals surface area contributed by atoms with E-state index >= 15 is 0 Å². The van der Waals surface area contributed by atoms with Gasteiger partial charge >= 0.3 is 0 Å². The normalized spacial score (nSPS) is 11.8. The quantitative estimate of drug-likeness (QED) is 0.367. The Morgan fingerprint density at radius 3 is 2.48 bits per heavy atom. The predicted molar refractivity (Wildman–Crippen MR) is 115 cm³/mol. The number of nitrogens with zero attached hydrogens (tertiary/aromatic N) is 1. The van der Waals surface area contributed by atoms with Crippen molar-refractivity contribution in [2.75, 3.05) is 10.6 Å². The second-order valence-electron chi connectivity index (χ2n) is 6.59. The van der Waals surface area contributed by atoms with Gasteiger partial charge < -0.3 is 16.0 Å². The van der Waals surface area contributed by atoms with Gasteiger partial charge in [0.1, 0.15) is 11.4 Å². The van der Waals surface area contributed by atoms with E-state index in [1.807, 2.05) is 6.92 Å². The van der Waals surface area contributed by atoms with Crippen LogP contribution >= 0.6 is 11.6 Å². The van der Waals surface area contributed by atoms with E-state index in [9.17, 15) is 14.4 Å². The minimum atomic E-state index is -0.612. The van der Waals surface area contributed by atoms with Gasteiger partial charge in [-0.2, -0.15) is 0 Å². The number of amides is 1. The first-order valence-corrected chi connectivity index (χ1v) is 9.70. The maximum Gasteiger partial charge on any atom is 0.253 e. The lowest BCUT2D eigenvalue weighted by molar-refractivity contribution is 0.0939. The first kappa shape index (κ1) is 20.5. The summed E-state index contributed by atoms with van der Waals surface area (Å²) in [5.74, 6) is -0.296. The van der Waals surface area contributed by atoms with Crippen LogP contribution in [0.2, 0.25) is 5.02 Å². The smallest absolute Gasteiger partial charge is 0.253 e. The van der Waals surface area contributed by atoms with Crippen LogP contribution < -0.4 is 26.8 Å². The number of halogens is 1. The van der Waals surface area contributed by atoms with Crippen molar-refractivity contribution in [2.24, 2.45) is 0 Å². The van der Waals surface area contributed by atoms with Crippen LogP contribution in [0.15, 0.2) is 58.4 Å². The lowest BCUT2D eigenvalue weighted by atomic mass is 10.1. The fraction of sp³-hybridized carbons (Fsp3) is 0.238. The third kappa shape index (κ3) is 5.00. The molecule has 0 fully saturated rings. The zero-order valence-corrected chi connectivity index (χ0v) is 16.6. The van der Waals surface area contributed by atoms with Gasteiger partial charge in [-0.3, -0.25) is 19.4 Å². The Balaban J connectivity index is 1.76. The van der Waals surface area contributed by atoms with E-state index in [-0.39, 0.29) is 17.3 Å². The molecule has 3 rings (SSSR count). The Hall–Kier alpha value is -3.19. The highest BCUT2D eigenvalue weighted by Gasteiger charge is 2.24. The highest BCUT2D eigenvalue weighted by molar-refractivity contribution is 6.30. The Bertz CT molecular complexity index is 1040. The van der Waals surface area contributed by atoms with Crippen molar-refractivity contribution in [2.45, 2.75) is 32.4 Å². The van der Waals surface area contributed by atoms with Gasteiger partial charge in [0.15, 0.2) is 0 Å². The number of carbonyl (C=O) groups is 1. The van der Waals surface area contributed by atoms with Gasteiger partial charge in [-0.05, 0) is 49.2 Å². The van der Waals surface area contributed by atoms with E-state index < -0.39 is 17.0 Å². The van der Waals surface area contributed by atoms with Crippen LogP contribution in [0, 0.1) is 0 Å². The number of nitrogens with one attached hydrogen (secondary N) is 3. The molecule has 2 aromatic carbocycles. The van der Waals surface area contributed by atoms with Crippen molar-refractivity contribution in [1.82, 2.24) is 10.3 Å². The summed E-state index contributed by atoms with van der Waals surface area (Å²) in [7, 11) is 0. The summed E-state index contributed by atoms with van der Waals surface area (Å²) in [4.78, 5) is 40.7. The topological polar surface area (TPSA) is 100 Å². The van der Waals surface area contributed by atoms with E-state index in [0.717, 1.165) is 12.8 Å². The Morgan fingerprint density at radius 1 is 1.10 bits per heavy atom. The molecule has 3 aromatic rings. The zero-order valence-electron chi connectivity index (χ0n) is 15.9. The lowest BCUT2D eigenvalue weighted by Gasteiger charge is -2.23.